The van der Waals surface area contributed by atoms with Crippen LogP contribution in [0.1, 0.15) is 5.56 Å². The summed E-state index contributed by atoms with van der Waals surface area (Å²) in [5.74, 6) is -1.20. The molecule has 0 radical (unpaired) electrons. The van der Waals surface area contributed by atoms with Gasteiger partial charge in [0, 0.05) is 25.0 Å². The van der Waals surface area contributed by atoms with E-state index in [9.17, 15) is 8.78 Å². The molecule has 0 spiro atoms. The monoisotopic (exact) mass is 312 g/mol. The van der Waals surface area contributed by atoms with Crippen molar-refractivity contribution in [3.8, 4) is 0 Å². The Morgan fingerprint density at radius 2 is 2.06 bits per heavy atom. The predicted molar refractivity (Wildman–Crippen MR) is 70.5 cm³/mol. The predicted octanol–water partition coefficient (Wildman–Crippen LogP) is 3.78. The van der Waals surface area contributed by atoms with Crippen LogP contribution in [-0.2, 0) is 6.42 Å². The summed E-state index contributed by atoms with van der Waals surface area (Å²) >= 11 is 3.03. The lowest BCUT2D eigenvalue weighted by atomic mass is 10.2. The summed E-state index contributed by atoms with van der Waals surface area (Å²) in [4.78, 5) is 3.99. The molecule has 1 N–H and O–H groups in total. The molecule has 0 saturated carbocycles. The van der Waals surface area contributed by atoms with Crippen molar-refractivity contribution in [2.75, 3.05) is 11.9 Å². The van der Waals surface area contributed by atoms with Gasteiger partial charge in [0.15, 0.2) is 0 Å². The molecule has 0 aliphatic rings. The Morgan fingerprint density at radius 1 is 1.22 bits per heavy atom. The minimum Gasteiger partial charge on any atom is -0.382 e. The van der Waals surface area contributed by atoms with Crippen LogP contribution >= 0.6 is 15.9 Å². The lowest BCUT2D eigenvalue weighted by molar-refractivity contribution is 0.580. The van der Waals surface area contributed by atoms with Crippen molar-refractivity contribution in [2.24, 2.45) is 0 Å². The van der Waals surface area contributed by atoms with Gasteiger partial charge in [0.2, 0.25) is 0 Å². The molecule has 0 bridgehead atoms. The van der Waals surface area contributed by atoms with Crippen molar-refractivity contribution in [1.29, 1.82) is 0 Å². The Morgan fingerprint density at radius 3 is 2.78 bits per heavy atom. The summed E-state index contributed by atoms with van der Waals surface area (Å²) in [6.45, 7) is 0.556. The van der Waals surface area contributed by atoms with Crippen LogP contribution in [0.15, 0.2) is 41.1 Å². The molecule has 0 aliphatic heterocycles. The van der Waals surface area contributed by atoms with Gasteiger partial charge in [-0.15, -0.1) is 0 Å². The summed E-state index contributed by atoms with van der Waals surface area (Å²) in [7, 11) is 0. The molecule has 0 atom stereocenters. The molecule has 1 heterocycles. The number of nitrogens with one attached hydrogen (secondary N) is 1. The molecule has 2 rings (SSSR count). The van der Waals surface area contributed by atoms with Crippen molar-refractivity contribution >= 4 is 21.6 Å². The summed E-state index contributed by atoms with van der Waals surface area (Å²) in [5, 5.41) is 2.93. The Kier molecular flexibility index (Phi) is 4.25. The number of rotatable bonds is 4. The quantitative estimate of drug-likeness (QED) is 0.869. The van der Waals surface area contributed by atoms with Gasteiger partial charge in [-0.3, -0.25) is 4.98 Å². The SMILES string of the molecule is Fc1cc(F)c(NCCc2cccnc2)cc1Br. The minimum absolute atomic E-state index is 0.243. The molecule has 0 saturated heterocycles. The first-order valence-corrected chi connectivity index (χ1v) is 6.23. The highest BCUT2D eigenvalue weighted by Crippen LogP contribution is 2.23. The van der Waals surface area contributed by atoms with Gasteiger partial charge in [0.1, 0.15) is 11.6 Å². The van der Waals surface area contributed by atoms with Crippen molar-refractivity contribution in [1.82, 2.24) is 4.98 Å². The van der Waals surface area contributed by atoms with E-state index in [-0.39, 0.29) is 10.2 Å². The summed E-state index contributed by atoms with van der Waals surface area (Å²) in [6.07, 6.45) is 4.19. The molecular formula is C13H11BrF2N2. The third-order valence-electron chi connectivity index (χ3n) is 2.46. The molecule has 0 aliphatic carbocycles. The third kappa shape index (κ3) is 3.26. The normalized spacial score (nSPS) is 10.4. The maximum Gasteiger partial charge on any atom is 0.149 e. The Hall–Kier alpha value is -1.49. The lowest BCUT2D eigenvalue weighted by Gasteiger charge is -2.08. The summed E-state index contributed by atoms with van der Waals surface area (Å²) in [5.41, 5.74) is 1.35. The topological polar surface area (TPSA) is 24.9 Å². The van der Waals surface area contributed by atoms with E-state index in [2.05, 4.69) is 26.2 Å². The van der Waals surface area contributed by atoms with E-state index in [1.165, 1.54) is 6.07 Å². The molecule has 2 nitrogen and oxygen atoms in total. The average Bonchev–Trinajstić information content (AvgIpc) is 2.37. The zero-order valence-corrected chi connectivity index (χ0v) is 11.0. The first-order valence-electron chi connectivity index (χ1n) is 5.44. The van der Waals surface area contributed by atoms with Crippen molar-refractivity contribution in [3.63, 3.8) is 0 Å². The molecule has 1 aromatic carbocycles. The minimum atomic E-state index is -0.606. The van der Waals surface area contributed by atoms with Gasteiger partial charge >= 0.3 is 0 Å². The number of pyridine rings is 1. The fourth-order valence-electron chi connectivity index (χ4n) is 1.55. The largest absolute Gasteiger partial charge is 0.382 e. The molecular weight excluding hydrogens is 302 g/mol. The summed E-state index contributed by atoms with van der Waals surface area (Å²) < 4.78 is 26.7. The van der Waals surface area contributed by atoms with E-state index in [0.717, 1.165) is 18.1 Å². The standard InChI is InChI=1S/C13H11BrF2N2/c14-10-6-13(12(16)7-11(10)15)18-5-3-9-2-1-4-17-8-9/h1-2,4,6-8,18H,3,5H2. The van der Waals surface area contributed by atoms with Crippen molar-refractivity contribution in [2.45, 2.75) is 6.42 Å². The second kappa shape index (κ2) is 5.91. The highest BCUT2D eigenvalue weighted by Gasteiger charge is 2.07. The number of hydrogen-bond acceptors (Lipinski definition) is 2. The highest BCUT2D eigenvalue weighted by molar-refractivity contribution is 9.10. The van der Waals surface area contributed by atoms with Gasteiger partial charge in [0.25, 0.3) is 0 Å². The van der Waals surface area contributed by atoms with Crippen LogP contribution in [-0.4, -0.2) is 11.5 Å². The third-order valence-corrected chi connectivity index (χ3v) is 3.07. The Balaban J connectivity index is 1.97. The molecule has 1 aromatic heterocycles. The van der Waals surface area contributed by atoms with Crippen LogP contribution in [0.5, 0.6) is 0 Å². The molecule has 0 unspecified atom stereocenters. The zero-order chi connectivity index (χ0) is 13.0. The number of aromatic nitrogens is 1. The van der Waals surface area contributed by atoms with E-state index >= 15 is 0 Å². The maximum absolute atomic E-state index is 13.4. The number of hydrogen-bond donors (Lipinski definition) is 1. The average molecular weight is 313 g/mol. The molecule has 5 heteroatoms. The van der Waals surface area contributed by atoms with E-state index in [4.69, 9.17) is 0 Å². The van der Waals surface area contributed by atoms with E-state index in [1.807, 2.05) is 12.1 Å². The highest BCUT2D eigenvalue weighted by atomic mass is 79.9. The van der Waals surface area contributed by atoms with Gasteiger partial charge in [0.05, 0.1) is 10.2 Å². The van der Waals surface area contributed by atoms with Crippen LogP contribution in [0.4, 0.5) is 14.5 Å². The van der Waals surface area contributed by atoms with Crippen LogP contribution in [0, 0.1) is 11.6 Å². The number of anilines is 1. The second-order valence-corrected chi connectivity index (χ2v) is 4.64. The van der Waals surface area contributed by atoms with Crippen LogP contribution in [0.2, 0.25) is 0 Å². The maximum atomic E-state index is 13.4. The van der Waals surface area contributed by atoms with Crippen LogP contribution in [0.3, 0.4) is 0 Å². The molecule has 94 valence electrons. The van der Waals surface area contributed by atoms with Crippen LogP contribution in [0.25, 0.3) is 0 Å². The number of halogens is 3. The Labute approximate surface area is 112 Å². The van der Waals surface area contributed by atoms with Gasteiger partial charge in [-0.1, -0.05) is 6.07 Å². The van der Waals surface area contributed by atoms with E-state index < -0.39 is 11.6 Å². The number of benzene rings is 1. The zero-order valence-electron chi connectivity index (χ0n) is 9.46. The summed E-state index contributed by atoms with van der Waals surface area (Å²) in [6, 6.07) is 6.06. The fourth-order valence-corrected chi connectivity index (χ4v) is 1.89. The first kappa shape index (κ1) is 13.0. The van der Waals surface area contributed by atoms with Gasteiger partial charge in [-0.05, 0) is 40.0 Å². The lowest BCUT2D eigenvalue weighted by Crippen LogP contribution is -2.07. The molecule has 0 amide bonds. The van der Waals surface area contributed by atoms with Gasteiger partial charge in [-0.2, -0.15) is 0 Å². The number of nitrogens with zero attached hydrogens (tertiary/aromatic N) is 1. The van der Waals surface area contributed by atoms with Gasteiger partial charge < -0.3 is 5.32 Å². The molecule has 0 fully saturated rings. The van der Waals surface area contributed by atoms with Crippen molar-refractivity contribution < 1.29 is 8.78 Å². The second-order valence-electron chi connectivity index (χ2n) is 3.78. The molecule has 18 heavy (non-hydrogen) atoms. The van der Waals surface area contributed by atoms with E-state index in [1.54, 1.807) is 12.4 Å². The first-order chi connectivity index (χ1) is 8.66. The Bertz CT molecular complexity index is 532. The smallest absolute Gasteiger partial charge is 0.149 e. The van der Waals surface area contributed by atoms with Crippen molar-refractivity contribution in [3.05, 3.63) is 58.3 Å². The van der Waals surface area contributed by atoms with Gasteiger partial charge in [-0.25, -0.2) is 8.78 Å². The fraction of sp³-hybridized carbons (Fsp3) is 0.154. The molecule has 2 aromatic rings. The van der Waals surface area contributed by atoms with E-state index in [0.29, 0.717) is 6.54 Å². The van der Waals surface area contributed by atoms with Crippen LogP contribution < -0.4 is 5.32 Å².